The van der Waals surface area contributed by atoms with Crippen molar-refractivity contribution in [2.45, 2.75) is 4.90 Å². The van der Waals surface area contributed by atoms with Gasteiger partial charge in [0.15, 0.2) is 5.82 Å². The van der Waals surface area contributed by atoms with Crippen LogP contribution in [0, 0.1) is 0 Å². The van der Waals surface area contributed by atoms with Gasteiger partial charge in [-0.05, 0) is 36.1 Å². The molecule has 0 saturated heterocycles. The van der Waals surface area contributed by atoms with Gasteiger partial charge < -0.3 is 0 Å². The van der Waals surface area contributed by atoms with E-state index in [1.807, 2.05) is 42.7 Å². The summed E-state index contributed by atoms with van der Waals surface area (Å²) in [6.07, 6.45) is 5.45. The number of nitrogens with zero attached hydrogens (tertiary/aromatic N) is 2. The molecule has 0 aliphatic heterocycles. The van der Waals surface area contributed by atoms with E-state index in [9.17, 15) is 4.79 Å². The maximum atomic E-state index is 12.5. The predicted octanol–water partition coefficient (Wildman–Crippen LogP) is 3.71. The lowest BCUT2D eigenvalue weighted by Gasteiger charge is -2.01. The molecular formula is C15H12BrN3OS. The molecule has 0 aliphatic rings. The van der Waals surface area contributed by atoms with Crippen LogP contribution in [0.1, 0.15) is 0 Å². The average Bonchev–Trinajstić information content (AvgIpc) is 2.90. The lowest BCUT2D eigenvalue weighted by molar-refractivity contribution is 0.816. The van der Waals surface area contributed by atoms with Gasteiger partial charge in [-0.3, -0.25) is 9.89 Å². The SMILES string of the molecule is CSc1ccc(-n2[nH]cc(-c3ccc(Br)cc3)c2=O)nc1. The van der Waals surface area contributed by atoms with Gasteiger partial charge in [-0.15, -0.1) is 11.8 Å². The minimum atomic E-state index is -0.110. The number of pyridine rings is 1. The van der Waals surface area contributed by atoms with Crippen LogP contribution in [-0.4, -0.2) is 21.0 Å². The maximum absolute atomic E-state index is 12.5. The zero-order valence-corrected chi connectivity index (χ0v) is 13.6. The highest BCUT2D eigenvalue weighted by Crippen LogP contribution is 2.19. The topological polar surface area (TPSA) is 50.7 Å². The first-order chi connectivity index (χ1) is 10.2. The van der Waals surface area contributed by atoms with E-state index in [2.05, 4.69) is 26.0 Å². The Morgan fingerprint density at radius 2 is 1.95 bits per heavy atom. The van der Waals surface area contributed by atoms with E-state index in [0.29, 0.717) is 11.4 Å². The van der Waals surface area contributed by atoms with Gasteiger partial charge in [-0.25, -0.2) is 9.67 Å². The van der Waals surface area contributed by atoms with E-state index in [1.165, 1.54) is 4.68 Å². The third-order valence-corrected chi connectivity index (χ3v) is 4.35. The minimum absolute atomic E-state index is 0.110. The second-order valence-electron chi connectivity index (χ2n) is 4.39. The van der Waals surface area contributed by atoms with Gasteiger partial charge in [0.1, 0.15) is 0 Å². The molecule has 0 aliphatic carbocycles. The van der Waals surface area contributed by atoms with Crippen molar-refractivity contribution in [3.05, 3.63) is 63.6 Å². The van der Waals surface area contributed by atoms with Crippen LogP contribution in [0.15, 0.2) is 63.0 Å². The molecule has 0 fully saturated rings. The number of halogens is 1. The number of rotatable bonds is 3. The quantitative estimate of drug-likeness (QED) is 0.723. The van der Waals surface area contributed by atoms with Crippen LogP contribution >= 0.6 is 27.7 Å². The molecule has 0 saturated carbocycles. The van der Waals surface area contributed by atoms with Crippen LogP contribution in [-0.2, 0) is 0 Å². The molecule has 3 rings (SSSR count). The number of hydrogen-bond acceptors (Lipinski definition) is 3. The fourth-order valence-electron chi connectivity index (χ4n) is 2.00. The number of hydrogen-bond donors (Lipinski definition) is 1. The molecule has 0 unspecified atom stereocenters. The van der Waals surface area contributed by atoms with Gasteiger partial charge in [0.25, 0.3) is 5.56 Å². The van der Waals surface area contributed by atoms with Crippen molar-refractivity contribution >= 4 is 27.7 Å². The molecule has 0 bridgehead atoms. The molecule has 0 atom stereocenters. The summed E-state index contributed by atoms with van der Waals surface area (Å²) in [4.78, 5) is 17.9. The number of aromatic nitrogens is 3. The molecule has 6 heteroatoms. The van der Waals surface area contributed by atoms with Crippen LogP contribution in [0.2, 0.25) is 0 Å². The Morgan fingerprint density at radius 3 is 2.57 bits per heavy atom. The zero-order valence-electron chi connectivity index (χ0n) is 11.2. The van der Waals surface area contributed by atoms with E-state index in [0.717, 1.165) is 14.9 Å². The summed E-state index contributed by atoms with van der Waals surface area (Å²) in [6, 6.07) is 11.4. The zero-order chi connectivity index (χ0) is 14.8. The molecular weight excluding hydrogens is 350 g/mol. The van der Waals surface area contributed by atoms with E-state index in [4.69, 9.17) is 0 Å². The van der Waals surface area contributed by atoms with Gasteiger partial charge in [-0.2, -0.15) is 0 Å². The molecule has 0 amide bonds. The summed E-state index contributed by atoms with van der Waals surface area (Å²) in [7, 11) is 0. The third kappa shape index (κ3) is 2.82. The lowest BCUT2D eigenvalue weighted by atomic mass is 10.1. The van der Waals surface area contributed by atoms with Gasteiger partial charge in [-0.1, -0.05) is 28.1 Å². The Bertz CT molecular complexity index is 806. The Morgan fingerprint density at radius 1 is 1.19 bits per heavy atom. The highest BCUT2D eigenvalue weighted by molar-refractivity contribution is 9.10. The second-order valence-corrected chi connectivity index (χ2v) is 6.19. The van der Waals surface area contributed by atoms with Gasteiger partial charge in [0.2, 0.25) is 0 Å². The van der Waals surface area contributed by atoms with Crippen molar-refractivity contribution in [2.24, 2.45) is 0 Å². The smallest absolute Gasteiger partial charge is 0.280 e. The largest absolute Gasteiger partial charge is 0.296 e. The second kappa shape index (κ2) is 5.91. The molecule has 0 radical (unpaired) electrons. The summed E-state index contributed by atoms with van der Waals surface area (Å²) in [5, 5.41) is 2.96. The molecule has 21 heavy (non-hydrogen) atoms. The summed E-state index contributed by atoms with van der Waals surface area (Å²) in [6.45, 7) is 0. The van der Waals surface area contributed by atoms with Crippen molar-refractivity contribution < 1.29 is 0 Å². The number of aromatic amines is 1. The van der Waals surface area contributed by atoms with E-state index in [1.54, 1.807) is 24.2 Å². The summed E-state index contributed by atoms with van der Waals surface area (Å²) in [5.74, 6) is 0.584. The molecule has 2 aromatic heterocycles. The van der Waals surface area contributed by atoms with Crippen molar-refractivity contribution in [1.82, 2.24) is 14.8 Å². The number of benzene rings is 1. The average molecular weight is 362 g/mol. The fraction of sp³-hybridized carbons (Fsp3) is 0.0667. The lowest BCUT2D eigenvalue weighted by Crippen LogP contribution is -2.16. The summed E-state index contributed by atoms with van der Waals surface area (Å²) < 4.78 is 2.43. The van der Waals surface area contributed by atoms with Gasteiger partial charge in [0.05, 0.1) is 5.56 Å². The molecule has 4 nitrogen and oxygen atoms in total. The molecule has 106 valence electrons. The molecule has 2 heterocycles. The van der Waals surface area contributed by atoms with Crippen LogP contribution in [0.5, 0.6) is 0 Å². The standard InChI is InChI=1S/C15H12BrN3OS/c1-21-12-6-7-14(17-8-12)19-15(20)13(9-18-19)10-2-4-11(16)5-3-10/h2-9,18H,1H3. The van der Waals surface area contributed by atoms with Crippen LogP contribution in [0.4, 0.5) is 0 Å². The van der Waals surface area contributed by atoms with Crippen LogP contribution in [0.3, 0.4) is 0 Å². The molecule has 1 aromatic carbocycles. The Kier molecular flexibility index (Phi) is 3.98. The van der Waals surface area contributed by atoms with Gasteiger partial charge in [0, 0.05) is 21.8 Å². The summed E-state index contributed by atoms with van der Waals surface area (Å²) in [5.41, 5.74) is 1.39. The molecule has 1 N–H and O–H groups in total. The first-order valence-corrected chi connectivity index (χ1v) is 8.27. The number of nitrogens with one attached hydrogen (secondary N) is 1. The van der Waals surface area contributed by atoms with E-state index >= 15 is 0 Å². The monoisotopic (exact) mass is 361 g/mol. The number of H-pyrrole nitrogens is 1. The third-order valence-electron chi connectivity index (χ3n) is 3.11. The Labute approximate surface area is 134 Å². The highest BCUT2D eigenvalue weighted by atomic mass is 79.9. The fourth-order valence-corrected chi connectivity index (χ4v) is 2.63. The normalized spacial score (nSPS) is 10.8. The molecule has 3 aromatic rings. The first-order valence-electron chi connectivity index (χ1n) is 6.26. The van der Waals surface area contributed by atoms with Crippen LogP contribution < -0.4 is 5.56 Å². The van der Waals surface area contributed by atoms with Crippen molar-refractivity contribution in [2.75, 3.05) is 6.26 Å². The van der Waals surface area contributed by atoms with Crippen molar-refractivity contribution in [3.63, 3.8) is 0 Å². The van der Waals surface area contributed by atoms with Crippen LogP contribution in [0.25, 0.3) is 16.9 Å². The summed E-state index contributed by atoms with van der Waals surface area (Å²) >= 11 is 5.00. The maximum Gasteiger partial charge on any atom is 0.280 e. The van der Waals surface area contributed by atoms with Gasteiger partial charge >= 0.3 is 0 Å². The highest BCUT2D eigenvalue weighted by Gasteiger charge is 2.10. The van der Waals surface area contributed by atoms with E-state index in [-0.39, 0.29) is 5.56 Å². The first kappa shape index (κ1) is 14.2. The van der Waals surface area contributed by atoms with Crippen molar-refractivity contribution in [1.29, 1.82) is 0 Å². The minimum Gasteiger partial charge on any atom is -0.296 e. The number of thioether (sulfide) groups is 1. The Hall–Kier alpha value is -1.79. The Balaban J connectivity index is 2.02. The predicted molar refractivity (Wildman–Crippen MR) is 89.1 cm³/mol. The molecule has 0 spiro atoms. The van der Waals surface area contributed by atoms with E-state index < -0.39 is 0 Å². The van der Waals surface area contributed by atoms with Crippen molar-refractivity contribution in [3.8, 4) is 16.9 Å².